The maximum atomic E-state index is 12.9. The summed E-state index contributed by atoms with van der Waals surface area (Å²) < 4.78 is 27.9. The van der Waals surface area contributed by atoms with Crippen LogP contribution in [-0.2, 0) is 22.9 Å². The fourth-order valence-corrected chi connectivity index (χ4v) is 5.09. The second kappa shape index (κ2) is 9.17. The highest BCUT2D eigenvalue weighted by Gasteiger charge is 2.17. The summed E-state index contributed by atoms with van der Waals surface area (Å²) in [6, 6.07) is 19.5. The van der Waals surface area contributed by atoms with Crippen molar-refractivity contribution in [2.75, 3.05) is 4.72 Å². The molecule has 1 aliphatic carbocycles. The number of amides is 1. The Bertz CT molecular complexity index is 1230. The van der Waals surface area contributed by atoms with Gasteiger partial charge in [0.1, 0.15) is 0 Å². The average molecular weight is 449 g/mol. The third-order valence-electron chi connectivity index (χ3n) is 5.93. The first-order chi connectivity index (χ1) is 15.3. The van der Waals surface area contributed by atoms with E-state index in [0.717, 1.165) is 24.0 Å². The minimum atomic E-state index is -3.73. The number of hydrogen-bond acceptors (Lipinski definition) is 3. The van der Waals surface area contributed by atoms with Crippen LogP contribution in [0.4, 0.5) is 5.69 Å². The molecule has 3 aromatic carbocycles. The van der Waals surface area contributed by atoms with Gasteiger partial charge in [-0.3, -0.25) is 9.52 Å². The second-order valence-corrected chi connectivity index (χ2v) is 10.1. The van der Waals surface area contributed by atoms with Gasteiger partial charge >= 0.3 is 0 Å². The van der Waals surface area contributed by atoms with E-state index in [1.54, 1.807) is 48.5 Å². The number of rotatable bonds is 6. The highest BCUT2D eigenvalue weighted by Crippen LogP contribution is 2.25. The van der Waals surface area contributed by atoms with Gasteiger partial charge in [0, 0.05) is 11.3 Å². The molecule has 0 bridgehead atoms. The van der Waals surface area contributed by atoms with Crippen molar-refractivity contribution in [3.8, 4) is 0 Å². The van der Waals surface area contributed by atoms with Crippen molar-refractivity contribution in [3.63, 3.8) is 0 Å². The highest BCUT2D eigenvalue weighted by molar-refractivity contribution is 7.92. The molecule has 0 aliphatic heterocycles. The zero-order valence-corrected chi connectivity index (χ0v) is 19.2. The van der Waals surface area contributed by atoms with Crippen LogP contribution in [-0.4, -0.2) is 14.3 Å². The third kappa shape index (κ3) is 5.02. The molecule has 0 fully saturated rings. The molecule has 3 aromatic rings. The topological polar surface area (TPSA) is 75.3 Å². The second-order valence-electron chi connectivity index (χ2n) is 8.43. The van der Waals surface area contributed by atoms with Gasteiger partial charge in [-0.25, -0.2) is 8.42 Å². The van der Waals surface area contributed by atoms with Crippen LogP contribution in [0.2, 0.25) is 0 Å². The van der Waals surface area contributed by atoms with E-state index < -0.39 is 10.0 Å². The number of hydrogen-bond donors (Lipinski definition) is 2. The summed E-state index contributed by atoms with van der Waals surface area (Å²) in [5, 5.41) is 3.03. The van der Waals surface area contributed by atoms with Crippen LogP contribution in [0.15, 0.2) is 71.6 Å². The van der Waals surface area contributed by atoms with E-state index >= 15 is 0 Å². The molecule has 0 spiro atoms. The lowest BCUT2D eigenvalue weighted by molar-refractivity contribution is 0.0940. The number of aryl methyl sites for hydroxylation is 3. The molecule has 5 nitrogen and oxygen atoms in total. The summed E-state index contributed by atoms with van der Waals surface area (Å²) in [6.07, 6.45) is 4.67. The maximum absolute atomic E-state index is 12.9. The van der Waals surface area contributed by atoms with Gasteiger partial charge in [-0.15, -0.1) is 0 Å². The Balaban J connectivity index is 1.47. The molecular weight excluding hydrogens is 420 g/mol. The van der Waals surface area contributed by atoms with E-state index in [1.165, 1.54) is 24.0 Å². The predicted molar refractivity (Wildman–Crippen MR) is 127 cm³/mol. The fourth-order valence-electron chi connectivity index (χ4n) is 4.04. The van der Waals surface area contributed by atoms with Gasteiger partial charge in [0.05, 0.1) is 10.9 Å². The van der Waals surface area contributed by atoms with Crippen LogP contribution in [0.25, 0.3) is 0 Å². The monoisotopic (exact) mass is 448 g/mol. The molecule has 0 aromatic heterocycles. The van der Waals surface area contributed by atoms with Crippen LogP contribution in [0, 0.1) is 6.92 Å². The SMILES string of the molecule is Cc1ccc(S(=O)(=O)Nc2cccc(C(=O)N[C@@H](C)c3ccc4c(c3)CCCC4)c2)cc1. The lowest BCUT2D eigenvalue weighted by atomic mass is 9.89. The van der Waals surface area contributed by atoms with Gasteiger partial charge in [0.15, 0.2) is 0 Å². The minimum Gasteiger partial charge on any atom is -0.346 e. The van der Waals surface area contributed by atoms with Gasteiger partial charge in [-0.1, -0.05) is 42.0 Å². The number of nitrogens with one attached hydrogen (secondary N) is 2. The molecule has 0 saturated heterocycles. The molecule has 6 heteroatoms. The first kappa shape index (κ1) is 22.1. The fraction of sp³-hybridized carbons (Fsp3) is 0.269. The van der Waals surface area contributed by atoms with Crippen molar-refractivity contribution in [2.24, 2.45) is 0 Å². The van der Waals surface area contributed by atoms with Crippen molar-refractivity contribution in [3.05, 3.63) is 94.5 Å². The van der Waals surface area contributed by atoms with Gasteiger partial charge in [0.25, 0.3) is 15.9 Å². The van der Waals surface area contributed by atoms with Crippen LogP contribution in [0.1, 0.15) is 58.4 Å². The zero-order valence-electron chi connectivity index (χ0n) is 18.4. The number of sulfonamides is 1. The van der Waals surface area contributed by atoms with E-state index in [-0.39, 0.29) is 16.8 Å². The van der Waals surface area contributed by atoms with Gasteiger partial charge in [-0.05, 0) is 86.6 Å². The molecule has 166 valence electrons. The highest BCUT2D eigenvalue weighted by atomic mass is 32.2. The molecular formula is C26H28N2O3S. The zero-order chi connectivity index (χ0) is 22.7. The number of carbonyl (C=O) groups excluding carboxylic acids is 1. The van der Waals surface area contributed by atoms with Crippen molar-refractivity contribution >= 4 is 21.6 Å². The van der Waals surface area contributed by atoms with E-state index in [9.17, 15) is 13.2 Å². The van der Waals surface area contributed by atoms with E-state index in [4.69, 9.17) is 0 Å². The Labute approximate surface area is 189 Å². The molecule has 1 amide bonds. The normalized spacial score (nSPS) is 14.3. The Kier molecular flexibility index (Phi) is 6.33. The number of anilines is 1. The van der Waals surface area contributed by atoms with Crippen molar-refractivity contribution in [1.82, 2.24) is 5.32 Å². The van der Waals surface area contributed by atoms with Crippen LogP contribution in [0.3, 0.4) is 0 Å². The Hall–Kier alpha value is -3.12. The number of fused-ring (bicyclic) bond motifs is 1. The first-order valence-corrected chi connectivity index (χ1v) is 12.4. The largest absolute Gasteiger partial charge is 0.346 e. The van der Waals surface area contributed by atoms with Gasteiger partial charge in [0.2, 0.25) is 0 Å². The smallest absolute Gasteiger partial charge is 0.261 e. The Morgan fingerprint density at radius 2 is 1.62 bits per heavy atom. The summed E-state index contributed by atoms with van der Waals surface area (Å²) in [5.74, 6) is -0.244. The minimum absolute atomic E-state index is 0.150. The molecule has 0 saturated carbocycles. The average Bonchev–Trinajstić information content (AvgIpc) is 2.79. The van der Waals surface area contributed by atoms with E-state index in [1.807, 2.05) is 13.8 Å². The lowest BCUT2D eigenvalue weighted by Crippen LogP contribution is -2.27. The van der Waals surface area contributed by atoms with Crippen LogP contribution >= 0.6 is 0 Å². The first-order valence-electron chi connectivity index (χ1n) is 10.9. The molecule has 1 aliphatic rings. The van der Waals surface area contributed by atoms with E-state index in [2.05, 4.69) is 28.2 Å². The molecule has 0 unspecified atom stereocenters. The summed E-state index contributed by atoms with van der Waals surface area (Å²) >= 11 is 0. The van der Waals surface area contributed by atoms with Gasteiger partial charge in [-0.2, -0.15) is 0 Å². The van der Waals surface area contributed by atoms with Gasteiger partial charge < -0.3 is 5.32 Å². The summed E-state index contributed by atoms with van der Waals surface area (Å²) in [6.45, 7) is 3.86. The quantitative estimate of drug-likeness (QED) is 0.547. The molecule has 1 atom stereocenters. The summed E-state index contributed by atoms with van der Waals surface area (Å²) in [5.41, 5.74) is 5.60. The molecule has 2 N–H and O–H groups in total. The van der Waals surface area contributed by atoms with E-state index in [0.29, 0.717) is 11.3 Å². The van der Waals surface area contributed by atoms with Crippen LogP contribution < -0.4 is 10.0 Å². The summed E-state index contributed by atoms with van der Waals surface area (Å²) in [4.78, 5) is 13.0. The maximum Gasteiger partial charge on any atom is 0.261 e. The van der Waals surface area contributed by atoms with Crippen molar-refractivity contribution < 1.29 is 13.2 Å². The van der Waals surface area contributed by atoms with Crippen molar-refractivity contribution in [1.29, 1.82) is 0 Å². The summed E-state index contributed by atoms with van der Waals surface area (Å²) in [7, 11) is -3.73. The molecule has 0 radical (unpaired) electrons. The lowest BCUT2D eigenvalue weighted by Gasteiger charge is -2.20. The molecule has 32 heavy (non-hydrogen) atoms. The number of carbonyl (C=O) groups is 1. The number of benzene rings is 3. The Morgan fingerprint density at radius 3 is 2.38 bits per heavy atom. The molecule has 4 rings (SSSR count). The standard InChI is InChI=1S/C26H28N2O3S/c1-18-10-14-25(15-11-18)32(30,31)28-24-9-5-8-23(17-24)26(29)27-19(2)21-13-12-20-6-3-4-7-22(20)16-21/h5,8-17,19,28H,3-4,6-7H2,1-2H3,(H,27,29)/t19-/m0/s1. The predicted octanol–water partition coefficient (Wildman–Crippen LogP) is 5.17. The Morgan fingerprint density at radius 1 is 0.906 bits per heavy atom. The molecule has 0 heterocycles. The van der Waals surface area contributed by atoms with Crippen molar-refractivity contribution in [2.45, 2.75) is 50.5 Å². The van der Waals surface area contributed by atoms with Crippen LogP contribution in [0.5, 0.6) is 0 Å². The third-order valence-corrected chi connectivity index (χ3v) is 7.33.